The summed E-state index contributed by atoms with van der Waals surface area (Å²) in [5.41, 5.74) is 2.30. The molecule has 0 aromatic heterocycles. The van der Waals surface area contributed by atoms with Gasteiger partial charge in [-0.15, -0.1) is 0 Å². The van der Waals surface area contributed by atoms with E-state index in [0.29, 0.717) is 5.92 Å². The van der Waals surface area contributed by atoms with Crippen molar-refractivity contribution in [1.29, 1.82) is 0 Å². The minimum Gasteiger partial charge on any atom is -0.393 e. The molecule has 90 valence electrons. The van der Waals surface area contributed by atoms with Crippen molar-refractivity contribution in [2.24, 2.45) is 11.8 Å². The van der Waals surface area contributed by atoms with E-state index in [0.717, 1.165) is 17.0 Å². The fourth-order valence-corrected chi connectivity index (χ4v) is 2.35. The van der Waals surface area contributed by atoms with Crippen molar-refractivity contribution in [2.45, 2.75) is 40.2 Å². The molecule has 1 aromatic carbocycles. The molecule has 0 bridgehead atoms. The zero-order valence-corrected chi connectivity index (χ0v) is 11.3. The SMILES string of the molecule is Cc1ccc(CC(C(C)C)C(C)O)c(Cl)c1. The van der Waals surface area contributed by atoms with Crippen LogP contribution in [0.15, 0.2) is 18.2 Å². The normalized spacial score (nSPS) is 15.2. The number of hydrogen-bond acceptors (Lipinski definition) is 1. The Bertz CT molecular complexity index is 337. The zero-order valence-electron chi connectivity index (χ0n) is 10.5. The topological polar surface area (TPSA) is 20.2 Å². The van der Waals surface area contributed by atoms with Crippen LogP contribution in [0, 0.1) is 18.8 Å². The van der Waals surface area contributed by atoms with Gasteiger partial charge in [0.25, 0.3) is 0 Å². The Morgan fingerprint density at radius 3 is 2.31 bits per heavy atom. The number of hydrogen-bond donors (Lipinski definition) is 1. The summed E-state index contributed by atoms with van der Waals surface area (Å²) in [5, 5.41) is 10.6. The van der Waals surface area contributed by atoms with Gasteiger partial charge in [0.05, 0.1) is 6.10 Å². The van der Waals surface area contributed by atoms with E-state index < -0.39 is 0 Å². The van der Waals surface area contributed by atoms with Crippen LogP contribution < -0.4 is 0 Å². The maximum atomic E-state index is 9.75. The van der Waals surface area contributed by atoms with Gasteiger partial charge in [0.2, 0.25) is 0 Å². The van der Waals surface area contributed by atoms with Crippen molar-refractivity contribution >= 4 is 11.6 Å². The standard InChI is InChI=1S/C14H21ClO/c1-9(2)13(11(4)16)8-12-6-5-10(3)7-14(12)15/h5-7,9,11,13,16H,8H2,1-4H3. The van der Waals surface area contributed by atoms with Crippen LogP contribution >= 0.6 is 11.6 Å². The van der Waals surface area contributed by atoms with E-state index >= 15 is 0 Å². The van der Waals surface area contributed by atoms with E-state index in [2.05, 4.69) is 26.0 Å². The Labute approximate surface area is 103 Å². The van der Waals surface area contributed by atoms with Crippen LogP contribution in [-0.2, 0) is 6.42 Å². The fraction of sp³-hybridized carbons (Fsp3) is 0.571. The molecule has 1 rings (SSSR count). The third kappa shape index (κ3) is 3.50. The molecule has 0 saturated heterocycles. The molecular formula is C14H21ClO. The molecule has 2 heteroatoms. The van der Waals surface area contributed by atoms with Gasteiger partial charge in [-0.3, -0.25) is 0 Å². The van der Waals surface area contributed by atoms with E-state index in [1.807, 2.05) is 19.9 Å². The molecule has 0 heterocycles. The lowest BCUT2D eigenvalue weighted by atomic mass is 9.85. The highest BCUT2D eigenvalue weighted by Gasteiger charge is 2.20. The van der Waals surface area contributed by atoms with Crippen LogP contribution in [0.5, 0.6) is 0 Å². The van der Waals surface area contributed by atoms with Gasteiger partial charge in [0, 0.05) is 5.02 Å². The maximum Gasteiger partial charge on any atom is 0.0545 e. The summed E-state index contributed by atoms with van der Waals surface area (Å²) in [6.45, 7) is 8.16. The number of benzene rings is 1. The number of rotatable bonds is 4. The predicted molar refractivity (Wildman–Crippen MR) is 69.9 cm³/mol. The first-order valence-electron chi connectivity index (χ1n) is 5.85. The first kappa shape index (κ1) is 13.5. The molecule has 0 fully saturated rings. The quantitative estimate of drug-likeness (QED) is 0.848. The van der Waals surface area contributed by atoms with Gasteiger partial charge >= 0.3 is 0 Å². The average molecular weight is 241 g/mol. The predicted octanol–water partition coefficient (Wildman–Crippen LogP) is 3.84. The molecule has 1 N–H and O–H groups in total. The molecule has 0 saturated carbocycles. The Morgan fingerprint density at radius 1 is 1.25 bits per heavy atom. The Hall–Kier alpha value is -0.530. The van der Waals surface area contributed by atoms with E-state index in [1.165, 1.54) is 5.56 Å². The van der Waals surface area contributed by atoms with Gasteiger partial charge in [-0.05, 0) is 49.3 Å². The summed E-state index contributed by atoms with van der Waals surface area (Å²) in [6.07, 6.45) is 0.548. The number of aliphatic hydroxyl groups excluding tert-OH is 1. The minimum absolute atomic E-state index is 0.264. The summed E-state index contributed by atoms with van der Waals surface area (Å²) in [5.74, 6) is 0.720. The molecule has 1 aromatic rings. The smallest absolute Gasteiger partial charge is 0.0545 e. The van der Waals surface area contributed by atoms with Crippen molar-refractivity contribution in [3.8, 4) is 0 Å². The van der Waals surface area contributed by atoms with Crippen molar-refractivity contribution in [2.75, 3.05) is 0 Å². The molecule has 0 aliphatic heterocycles. The van der Waals surface area contributed by atoms with Crippen molar-refractivity contribution < 1.29 is 5.11 Å². The molecule has 0 radical (unpaired) electrons. The fourth-order valence-electron chi connectivity index (χ4n) is 2.04. The lowest BCUT2D eigenvalue weighted by Crippen LogP contribution is -2.24. The van der Waals surface area contributed by atoms with Gasteiger partial charge in [0.15, 0.2) is 0 Å². The number of aryl methyl sites for hydroxylation is 1. The molecule has 0 spiro atoms. The number of aliphatic hydroxyl groups is 1. The summed E-state index contributed by atoms with van der Waals surface area (Å²) in [7, 11) is 0. The average Bonchev–Trinajstić information content (AvgIpc) is 2.15. The Balaban J connectivity index is 2.85. The van der Waals surface area contributed by atoms with Crippen molar-refractivity contribution in [3.05, 3.63) is 34.3 Å². The van der Waals surface area contributed by atoms with Gasteiger partial charge in [0.1, 0.15) is 0 Å². The highest BCUT2D eigenvalue weighted by atomic mass is 35.5. The van der Waals surface area contributed by atoms with Gasteiger partial charge in [-0.2, -0.15) is 0 Å². The largest absolute Gasteiger partial charge is 0.393 e. The van der Waals surface area contributed by atoms with Crippen LogP contribution in [0.3, 0.4) is 0 Å². The minimum atomic E-state index is -0.294. The van der Waals surface area contributed by atoms with Gasteiger partial charge in [-0.25, -0.2) is 0 Å². The van der Waals surface area contributed by atoms with Crippen LogP contribution in [0.4, 0.5) is 0 Å². The second-order valence-electron chi connectivity index (χ2n) is 4.95. The van der Waals surface area contributed by atoms with Crippen LogP contribution in [0.25, 0.3) is 0 Å². The Morgan fingerprint density at radius 2 is 1.88 bits per heavy atom. The summed E-state index contributed by atoms with van der Waals surface area (Å²) >= 11 is 6.20. The zero-order chi connectivity index (χ0) is 12.3. The van der Waals surface area contributed by atoms with Crippen LogP contribution in [-0.4, -0.2) is 11.2 Å². The second-order valence-corrected chi connectivity index (χ2v) is 5.35. The lowest BCUT2D eigenvalue weighted by molar-refractivity contribution is 0.0977. The highest BCUT2D eigenvalue weighted by Crippen LogP contribution is 2.26. The molecule has 16 heavy (non-hydrogen) atoms. The molecule has 2 atom stereocenters. The first-order valence-corrected chi connectivity index (χ1v) is 6.22. The number of halogens is 1. The first-order chi connectivity index (χ1) is 7.41. The van der Waals surface area contributed by atoms with Crippen molar-refractivity contribution in [1.82, 2.24) is 0 Å². The monoisotopic (exact) mass is 240 g/mol. The molecule has 2 unspecified atom stereocenters. The maximum absolute atomic E-state index is 9.75. The molecule has 0 amide bonds. The van der Waals surface area contributed by atoms with E-state index in [9.17, 15) is 5.11 Å². The van der Waals surface area contributed by atoms with E-state index in [4.69, 9.17) is 11.6 Å². The Kier molecular flexibility index (Phi) is 4.82. The second kappa shape index (κ2) is 5.70. The van der Waals surface area contributed by atoms with Crippen LogP contribution in [0.1, 0.15) is 31.9 Å². The molecular weight excluding hydrogens is 220 g/mol. The van der Waals surface area contributed by atoms with Crippen LogP contribution in [0.2, 0.25) is 5.02 Å². The van der Waals surface area contributed by atoms with Gasteiger partial charge in [-0.1, -0.05) is 37.6 Å². The molecule has 0 aliphatic rings. The van der Waals surface area contributed by atoms with E-state index in [-0.39, 0.29) is 12.0 Å². The summed E-state index contributed by atoms with van der Waals surface area (Å²) < 4.78 is 0. The highest BCUT2D eigenvalue weighted by molar-refractivity contribution is 6.31. The lowest BCUT2D eigenvalue weighted by Gasteiger charge is -2.24. The third-order valence-corrected chi connectivity index (χ3v) is 3.49. The summed E-state index contributed by atoms with van der Waals surface area (Å²) in [4.78, 5) is 0. The third-order valence-electron chi connectivity index (χ3n) is 3.14. The van der Waals surface area contributed by atoms with Gasteiger partial charge < -0.3 is 5.11 Å². The molecule has 1 nitrogen and oxygen atoms in total. The molecule has 0 aliphatic carbocycles. The van der Waals surface area contributed by atoms with Crippen molar-refractivity contribution in [3.63, 3.8) is 0 Å². The van der Waals surface area contributed by atoms with E-state index in [1.54, 1.807) is 0 Å². The summed E-state index contributed by atoms with van der Waals surface area (Å²) in [6, 6.07) is 6.12.